The normalized spacial score (nSPS) is 10.3. The Morgan fingerprint density at radius 3 is 2.87 bits per heavy atom. The first kappa shape index (κ1) is 12.0. The standard InChI is InChI=1S/C10H14N2O2S/c1-8-9(7-15-6-5-11)3-2-4-10(8)12(13)14/h2-4H,5-7,11H2,1H3. The van der Waals surface area contributed by atoms with Gasteiger partial charge in [0.25, 0.3) is 5.69 Å². The molecule has 0 aliphatic carbocycles. The van der Waals surface area contributed by atoms with Crippen molar-refractivity contribution in [2.75, 3.05) is 12.3 Å². The van der Waals surface area contributed by atoms with Crippen molar-refractivity contribution < 1.29 is 4.92 Å². The second-order valence-corrected chi connectivity index (χ2v) is 4.26. The van der Waals surface area contributed by atoms with Gasteiger partial charge < -0.3 is 5.73 Å². The zero-order chi connectivity index (χ0) is 11.3. The maximum absolute atomic E-state index is 10.7. The van der Waals surface area contributed by atoms with Crippen molar-refractivity contribution in [1.82, 2.24) is 0 Å². The molecule has 0 bridgehead atoms. The molecule has 15 heavy (non-hydrogen) atoms. The molecular weight excluding hydrogens is 212 g/mol. The summed E-state index contributed by atoms with van der Waals surface area (Å²) in [5.41, 5.74) is 7.35. The molecule has 0 aromatic heterocycles. The van der Waals surface area contributed by atoms with Gasteiger partial charge in [0, 0.05) is 29.7 Å². The van der Waals surface area contributed by atoms with Crippen LogP contribution in [0.2, 0.25) is 0 Å². The van der Waals surface area contributed by atoms with E-state index < -0.39 is 0 Å². The Labute approximate surface area is 93.0 Å². The van der Waals surface area contributed by atoms with Gasteiger partial charge in [-0.25, -0.2) is 0 Å². The van der Waals surface area contributed by atoms with Crippen molar-refractivity contribution in [3.8, 4) is 0 Å². The highest BCUT2D eigenvalue weighted by molar-refractivity contribution is 7.98. The third-order valence-corrected chi connectivity index (χ3v) is 3.17. The Hall–Kier alpha value is -1.07. The van der Waals surface area contributed by atoms with Gasteiger partial charge in [-0.3, -0.25) is 10.1 Å². The van der Waals surface area contributed by atoms with Crippen LogP contribution in [0.5, 0.6) is 0 Å². The fourth-order valence-corrected chi connectivity index (χ4v) is 2.13. The first-order valence-electron chi connectivity index (χ1n) is 4.67. The summed E-state index contributed by atoms with van der Waals surface area (Å²) in [7, 11) is 0. The van der Waals surface area contributed by atoms with Crippen molar-refractivity contribution in [1.29, 1.82) is 0 Å². The molecule has 5 heteroatoms. The number of thioether (sulfide) groups is 1. The van der Waals surface area contributed by atoms with E-state index in [1.54, 1.807) is 24.8 Å². The molecule has 0 saturated heterocycles. The number of hydrogen-bond donors (Lipinski definition) is 1. The van der Waals surface area contributed by atoms with Crippen LogP contribution in [-0.2, 0) is 5.75 Å². The smallest absolute Gasteiger partial charge is 0.272 e. The monoisotopic (exact) mass is 226 g/mol. The fourth-order valence-electron chi connectivity index (χ4n) is 1.29. The first-order valence-corrected chi connectivity index (χ1v) is 5.83. The van der Waals surface area contributed by atoms with Crippen LogP contribution in [0.15, 0.2) is 18.2 Å². The highest BCUT2D eigenvalue weighted by Crippen LogP contribution is 2.24. The topological polar surface area (TPSA) is 69.2 Å². The molecule has 1 aromatic rings. The van der Waals surface area contributed by atoms with Crippen molar-refractivity contribution in [2.45, 2.75) is 12.7 Å². The van der Waals surface area contributed by atoms with Crippen LogP contribution in [0.1, 0.15) is 11.1 Å². The number of nitrogens with zero attached hydrogens (tertiary/aromatic N) is 1. The Kier molecular flexibility index (Phi) is 4.58. The van der Waals surface area contributed by atoms with Crippen molar-refractivity contribution in [3.05, 3.63) is 39.4 Å². The third kappa shape index (κ3) is 3.21. The molecule has 1 aromatic carbocycles. The molecule has 0 saturated carbocycles. The van der Waals surface area contributed by atoms with E-state index in [-0.39, 0.29) is 10.6 Å². The van der Waals surface area contributed by atoms with Crippen LogP contribution in [0.3, 0.4) is 0 Å². The molecule has 82 valence electrons. The second kappa shape index (κ2) is 5.72. The molecule has 2 N–H and O–H groups in total. The van der Waals surface area contributed by atoms with E-state index >= 15 is 0 Å². The molecule has 0 amide bonds. The summed E-state index contributed by atoms with van der Waals surface area (Å²) in [5.74, 6) is 1.66. The average molecular weight is 226 g/mol. The molecule has 1 rings (SSSR count). The van der Waals surface area contributed by atoms with E-state index in [0.29, 0.717) is 6.54 Å². The van der Waals surface area contributed by atoms with Crippen LogP contribution >= 0.6 is 11.8 Å². The largest absolute Gasteiger partial charge is 0.330 e. The lowest BCUT2D eigenvalue weighted by molar-refractivity contribution is -0.385. The SMILES string of the molecule is Cc1c(CSCCN)cccc1[N+](=O)[O-]. The summed E-state index contributed by atoms with van der Waals surface area (Å²) < 4.78 is 0. The molecule has 0 fully saturated rings. The number of rotatable bonds is 5. The molecule has 0 aliphatic rings. The Bertz CT molecular complexity index is 355. The van der Waals surface area contributed by atoms with Gasteiger partial charge in [0.05, 0.1) is 4.92 Å². The molecule has 0 heterocycles. The summed E-state index contributed by atoms with van der Waals surface area (Å²) in [6, 6.07) is 5.18. The zero-order valence-electron chi connectivity index (χ0n) is 8.60. The summed E-state index contributed by atoms with van der Waals surface area (Å²) in [6.07, 6.45) is 0. The zero-order valence-corrected chi connectivity index (χ0v) is 9.42. The van der Waals surface area contributed by atoms with Crippen molar-refractivity contribution in [3.63, 3.8) is 0 Å². The first-order chi connectivity index (χ1) is 7.16. The third-order valence-electron chi connectivity index (χ3n) is 2.13. The number of benzene rings is 1. The van der Waals surface area contributed by atoms with Gasteiger partial charge in [0.15, 0.2) is 0 Å². The number of nitrogens with two attached hydrogens (primary N) is 1. The van der Waals surface area contributed by atoms with E-state index in [9.17, 15) is 10.1 Å². The Morgan fingerprint density at radius 2 is 2.27 bits per heavy atom. The van der Waals surface area contributed by atoms with Crippen molar-refractivity contribution >= 4 is 17.4 Å². The minimum Gasteiger partial charge on any atom is -0.330 e. The lowest BCUT2D eigenvalue weighted by atomic mass is 10.1. The van der Waals surface area contributed by atoms with Gasteiger partial charge in [-0.2, -0.15) is 11.8 Å². The molecule has 0 unspecified atom stereocenters. The quantitative estimate of drug-likeness (QED) is 0.474. The molecule has 0 radical (unpaired) electrons. The van der Waals surface area contributed by atoms with Gasteiger partial charge in [-0.05, 0) is 12.5 Å². The van der Waals surface area contributed by atoms with Gasteiger partial charge in [-0.15, -0.1) is 0 Å². The predicted molar refractivity (Wildman–Crippen MR) is 63.0 cm³/mol. The molecular formula is C10H14N2O2S. The Balaban J connectivity index is 2.80. The maximum atomic E-state index is 10.7. The fraction of sp³-hybridized carbons (Fsp3) is 0.400. The minimum atomic E-state index is -0.341. The number of nitro groups is 1. The van der Waals surface area contributed by atoms with Crippen LogP contribution in [0.25, 0.3) is 0 Å². The van der Waals surface area contributed by atoms with E-state index in [1.165, 1.54) is 6.07 Å². The van der Waals surface area contributed by atoms with Crippen LogP contribution in [0, 0.1) is 17.0 Å². The summed E-state index contributed by atoms with van der Waals surface area (Å²) in [4.78, 5) is 10.3. The lowest BCUT2D eigenvalue weighted by Gasteiger charge is -2.05. The number of nitro benzene ring substituents is 1. The Morgan fingerprint density at radius 1 is 1.53 bits per heavy atom. The van der Waals surface area contributed by atoms with Crippen molar-refractivity contribution in [2.24, 2.45) is 5.73 Å². The summed E-state index contributed by atoms with van der Waals surface area (Å²) in [5, 5.41) is 10.7. The average Bonchev–Trinajstić information content (AvgIpc) is 2.20. The summed E-state index contributed by atoms with van der Waals surface area (Å²) in [6.45, 7) is 2.43. The van der Waals surface area contributed by atoms with Gasteiger partial charge in [0.1, 0.15) is 0 Å². The molecule has 0 aliphatic heterocycles. The molecule has 0 spiro atoms. The molecule has 4 nitrogen and oxygen atoms in total. The van der Waals surface area contributed by atoms with E-state index in [0.717, 1.165) is 22.6 Å². The molecule has 0 atom stereocenters. The van der Waals surface area contributed by atoms with Crippen LogP contribution in [-0.4, -0.2) is 17.2 Å². The van der Waals surface area contributed by atoms with Gasteiger partial charge in [0.2, 0.25) is 0 Å². The lowest BCUT2D eigenvalue weighted by Crippen LogP contribution is -2.02. The predicted octanol–water partition coefficient (Wildman–Crippen LogP) is 2.10. The second-order valence-electron chi connectivity index (χ2n) is 3.16. The van der Waals surface area contributed by atoms with Gasteiger partial charge in [-0.1, -0.05) is 12.1 Å². The van der Waals surface area contributed by atoms with Crippen LogP contribution < -0.4 is 5.73 Å². The maximum Gasteiger partial charge on any atom is 0.272 e. The van der Waals surface area contributed by atoms with E-state index in [2.05, 4.69) is 0 Å². The number of hydrogen-bond acceptors (Lipinski definition) is 4. The summed E-state index contributed by atoms with van der Waals surface area (Å²) >= 11 is 1.69. The van der Waals surface area contributed by atoms with Crippen LogP contribution in [0.4, 0.5) is 5.69 Å². The van der Waals surface area contributed by atoms with Gasteiger partial charge >= 0.3 is 0 Å². The van der Waals surface area contributed by atoms with E-state index in [4.69, 9.17) is 5.73 Å². The van der Waals surface area contributed by atoms with E-state index in [1.807, 2.05) is 6.07 Å². The highest BCUT2D eigenvalue weighted by atomic mass is 32.2. The highest BCUT2D eigenvalue weighted by Gasteiger charge is 2.12. The minimum absolute atomic E-state index is 0.195.